The Kier molecular flexibility index (Phi) is 9.72. The number of nitrogens with zero attached hydrogens (tertiary/aromatic N) is 8. The zero-order chi connectivity index (χ0) is 36.0. The molecule has 2 saturated carbocycles. The van der Waals surface area contributed by atoms with Crippen molar-refractivity contribution >= 4 is 69.3 Å². The summed E-state index contributed by atoms with van der Waals surface area (Å²) < 4.78 is 14.2. The van der Waals surface area contributed by atoms with Gasteiger partial charge in [0.15, 0.2) is 58.4 Å². The van der Waals surface area contributed by atoms with Gasteiger partial charge in [0, 0.05) is 48.2 Å². The van der Waals surface area contributed by atoms with Crippen LogP contribution < -0.4 is 14.2 Å². The molecule has 6 aromatic rings. The van der Waals surface area contributed by atoms with Gasteiger partial charge in [0.05, 0.1) is 24.3 Å². The van der Waals surface area contributed by atoms with E-state index < -0.39 is 0 Å². The molecule has 13 nitrogen and oxygen atoms in total. The van der Waals surface area contributed by atoms with Gasteiger partial charge >= 0.3 is 0 Å². The van der Waals surface area contributed by atoms with Gasteiger partial charge in [-0.2, -0.15) is 14.9 Å². The van der Waals surface area contributed by atoms with E-state index in [1.54, 1.807) is 43.0 Å². The summed E-state index contributed by atoms with van der Waals surface area (Å²) in [6, 6.07) is 6.73. The highest BCUT2D eigenvalue weighted by Crippen LogP contribution is 2.40. The van der Waals surface area contributed by atoms with Crippen molar-refractivity contribution in [3.05, 3.63) is 109 Å². The van der Waals surface area contributed by atoms with E-state index >= 15 is 0 Å². The van der Waals surface area contributed by atoms with Crippen LogP contribution >= 0.6 is 46.4 Å². The molecule has 0 bridgehead atoms. The fraction of sp³-hybridized carbons (Fsp3) is 0.294. The Morgan fingerprint density at radius 3 is 1.53 bits per heavy atom. The summed E-state index contributed by atoms with van der Waals surface area (Å²) >= 11 is 24.4. The molecular weight excluding hydrogens is 742 g/mol. The lowest BCUT2D eigenvalue weighted by molar-refractivity contribution is -0.605. The largest absolute Gasteiger partial charge is 0.619 e. The van der Waals surface area contributed by atoms with Crippen LogP contribution in [0.1, 0.15) is 81.3 Å². The number of fused-ring (bicyclic) bond motifs is 2. The van der Waals surface area contributed by atoms with Gasteiger partial charge < -0.3 is 14.7 Å². The number of Topliss-reactive ketones (excluding diaryl/α,β-unsaturated/α-hetero) is 2. The van der Waals surface area contributed by atoms with Crippen molar-refractivity contribution in [1.29, 1.82) is 0 Å². The lowest BCUT2D eigenvalue weighted by atomic mass is 10.1. The van der Waals surface area contributed by atoms with Crippen LogP contribution in [0, 0.1) is 5.21 Å². The zero-order valence-corrected chi connectivity index (χ0v) is 30.2. The van der Waals surface area contributed by atoms with E-state index in [-0.39, 0.29) is 34.5 Å². The molecule has 0 aliphatic heterocycles. The van der Waals surface area contributed by atoms with Crippen LogP contribution in [-0.4, -0.2) is 60.0 Å². The molecule has 0 atom stereocenters. The predicted octanol–water partition coefficient (Wildman–Crippen LogP) is 6.72. The van der Waals surface area contributed by atoms with Gasteiger partial charge in [-0.15, -0.1) is 0 Å². The molecule has 262 valence electrons. The standard InChI is InChI=1S/C17H14Cl2N4O3.C17H14Cl2N4O2/c1-26-15-5-4-13(23-17(15)20-16(21-23)9-2-3-9)14(24)6-10-11(18)7-22(25)8-12(10)19;1-25-15-5-4-13(23-17(15)21-16(22-23)9-2-3-9)14(24)6-10-11(18)7-20-8-12(10)19/h4-5,7-9H,2-3,6H2,1H3;4-5,7-9H,2-3,6H2,1H3. The van der Waals surface area contributed by atoms with E-state index in [1.807, 2.05) is 0 Å². The normalized spacial score (nSPS) is 14.0. The average Bonchev–Trinajstić information content (AvgIpc) is 4.05. The van der Waals surface area contributed by atoms with Crippen LogP contribution in [0.3, 0.4) is 0 Å². The van der Waals surface area contributed by atoms with Gasteiger partial charge in [-0.25, -0.2) is 19.0 Å². The number of pyridine rings is 4. The summed E-state index contributed by atoms with van der Waals surface area (Å²) in [6.07, 6.45) is 9.52. The Bertz CT molecular complexity index is 2290. The number of hydrogen-bond acceptors (Lipinski definition) is 10. The van der Waals surface area contributed by atoms with Crippen LogP contribution in [-0.2, 0) is 12.8 Å². The zero-order valence-electron chi connectivity index (χ0n) is 27.1. The third-order valence-corrected chi connectivity index (χ3v) is 9.81. The Morgan fingerprint density at radius 2 is 1.14 bits per heavy atom. The second kappa shape index (κ2) is 14.2. The predicted molar refractivity (Wildman–Crippen MR) is 189 cm³/mol. The molecule has 6 heterocycles. The summed E-state index contributed by atoms with van der Waals surface area (Å²) in [7, 11) is 3.11. The number of carbonyl (C=O) groups is 2. The topological polar surface area (TPSA) is 153 Å². The SMILES string of the molecule is COc1ccc(C(=O)Cc2c(Cl)c[n+]([O-])cc2Cl)n2nc(C3CC3)nc12.COc1ccc(C(=O)Cc2c(Cl)cncc2Cl)n2nc(C3CC3)nc12. The molecule has 0 amide bonds. The average molecular weight is 770 g/mol. The molecule has 0 radical (unpaired) electrons. The highest BCUT2D eigenvalue weighted by atomic mass is 35.5. The smallest absolute Gasteiger partial charge is 0.199 e. The number of hydrogen-bond donors (Lipinski definition) is 0. The van der Waals surface area contributed by atoms with E-state index in [2.05, 4.69) is 25.1 Å². The molecule has 0 spiro atoms. The molecular formula is C34H28Cl4N8O5. The van der Waals surface area contributed by atoms with Crippen molar-refractivity contribution in [2.24, 2.45) is 0 Å². The minimum absolute atomic E-state index is 0.0558. The van der Waals surface area contributed by atoms with Crippen molar-refractivity contribution in [2.45, 2.75) is 50.4 Å². The number of halogens is 4. The molecule has 8 rings (SSSR count). The molecule has 0 unspecified atom stereocenters. The van der Waals surface area contributed by atoms with Crippen LogP contribution in [0.15, 0.2) is 49.1 Å². The summed E-state index contributed by atoms with van der Waals surface area (Å²) in [5.41, 5.74) is 2.77. The van der Waals surface area contributed by atoms with E-state index in [0.717, 1.165) is 31.5 Å². The first-order valence-electron chi connectivity index (χ1n) is 15.8. The first kappa shape index (κ1) is 34.9. The van der Waals surface area contributed by atoms with Gasteiger partial charge in [0.1, 0.15) is 21.4 Å². The number of carbonyl (C=O) groups excluding carboxylic acids is 2. The quantitative estimate of drug-likeness (QED) is 0.0834. The van der Waals surface area contributed by atoms with Crippen molar-refractivity contribution in [2.75, 3.05) is 14.2 Å². The lowest BCUT2D eigenvalue weighted by Gasteiger charge is -2.08. The first-order chi connectivity index (χ1) is 24.6. The van der Waals surface area contributed by atoms with Crippen LogP contribution in [0.2, 0.25) is 20.1 Å². The fourth-order valence-electron chi connectivity index (χ4n) is 5.49. The Morgan fingerprint density at radius 1 is 0.725 bits per heavy atom. The highest BCUT2D eigenvalue weighted by molar-refractivity contribution is 6.36. The molecule has 2 aliphatic rings. The third kappa shape index (κ3) is 7.16. The van der Waals surface area contributed by atoms with Crippen LogP contribution in [0.4, 0.5) is 0 Å². The highest BCUT2D eigenvalue weighted by Gasteiger charge is 2.31. The van der Waals surface area contributed by atoms with Crippen molar-refractivity contribution in [3.63, 3.8) is 0 Å². The molecule has 2 aliphatic carbocycles. The van der Waals surface area contributed by atoms with Crippen molar-refractivity contribution in [3.8, 4) is 11.5 Å². The van der Waals surface area contributed by atoms with Crippen molar-refractivity contribution < 1.29 is 23.8 Å². The maximum atomic E-state index is 12.9. The Hall–Kier alpha value is -4.56. The summed E-state index contributed by atoms with van der Waals surface area (Å²) in [5.74, 6) is 2.90. The number of ether oxygens (including phenoxy) is 2. The Balaban J connectivity index is 0.000000159. The molecule has 0 saturated heterocycles. The van der Waals surface area contributed by atoms with Gasteiger partial charge in [0.2, 0.25) is 0 Å². The van der Waals surface area contributed by atoms with E-state index in [0.29, 0.717) is 77.7 Å². The molecule has 2 fully saturated rings. The van der Waals surface area contributed by atoms with Gasteiger partial charge in [0.25, 0.3) is 0 Å². The van der Waals surface area contributed by atoms with Crippen LogP contribution in [0.25, 0.3) is 11.3 Å². The molecule has 0 aromatic carbocycles. The van der Waals surface area contributed by atoms with Gasteiger partial charge in [-0.05, 0) is 49.9 Å². The molecule has 17 heteroatoms. The minimum atomic E-state index is -0.239. The maximum absolute atomic E-state index is 12.9. The summed E-state index contributed by atoms with van der Waals surface area (Å²) in [6.45, 7) is 0. The second-order valence-electron chi connectivity index (χ2n) is 12.1. The van der Waals surface area contributed by atoms with Crippen LogP contribution in [0.5, 0.6) is 11.5 Å². The lowest BCUT2D eigenvalue weighted by Crippen LogP contribution is -2.25. The van der Waals surface area contributed by atoms with E-state index in [4.69, 9.17) is 55.9 Å². The maximum Gasteiger partial charge on any atom is 0.199 e. The third-order valence-electron chi connectivity index (χ3n) is 8.51. The molecule has 51 heavy (non-hydrogen) atoms. The first-order valence-corrected chi connectivity index (χ1v) is 17.4. The summed E-state index contributed by atoms with van der Waals surface area (Å²) in [4.78, 5) is 38.7. The minimum Gasteiger partial charge on any atom is -0.619 e. The van der Waals surface area contributed by atoms with E-state index in [9.17, 15) is 14.8 Å². The molecule has 6 aromatic heterocycles. The van der Waals surface area contributed by atoms with Gasteiger partial charge in [-0.3, -0.25) is 14.6 Å². The monoisotopic (exact) mass is 768 g/mol. The second-order valence-corrected chi connectivity index (χ2v) is 13.7. The van der Waals surface area contributed by atoms with Gasteiger partial charge in [-0.1, -0.05) is 46.4 Å². The fourth-order valence-corrected chi connectivity index (χ4v) is 6.57. The number of methoxy groups -OCH3 is 2. The van der Waals surface area contributed by atoms with E-state index in [1.165, 1.54) is 29.3 Å². The number of aromatic nitrogens is 8. The number of ketones is 2. The summed E-state index contributed by atoms with van der Waals surface area (Å²) in [5, 5.41) is 21.4. The number of rotatable bonds is 10. The Labute approximate surface area is 310 Å². The molecule has 0 N–H and O–H groups in total. The van der Waals surface area contributed by atoms with Crippen molar-refractivity contribution in [1.82, 2.24) is 34.2 Å².